The molecule has 0 atom stereocenters. The maximum absolute atomic E-state index is 12.1. The molecule has 3 aromatic rings. The van der Waals surface area contributed by atoms with E-state index in [2.05, 4.69) is 20.8 Å². The van der Waals surface area contributed by atoms with Crippen molar-refractivity contribution in [2.75, 3.05) is 16.4 Å². The summed E-state index contributed by atoms with van der Waals surface area (Å²) in [5.41, 5.74) is 3.38. The molecule has 1 amide bonds. The van der Waals surface area contributed by atoms with Gasteiger partial charge in [-0.1, -0.05) is 41.3 Å². The highest BCUT2D eigenvalue weighted by molar-refractivity contribution is 8.01. The predicted octanol–water partition coefficient (Wildman–Crippen LogP) is 4.52. The summed E-state index contributed by atoms with van der Waals surface area (Å²) in [5.74, 6) is 0.0852. The number of amides is 1. The fraction of sp³-hybridized carbons (Fsp3) is 0.158. The van der Waals surface area contributed by atoms with E-state index in [-0.39, 0.29) is 17.4 Å². The van der Waals surface area contributed by atoms with Gasteiger partial charge < -0.3 is 10.6 Å². The summed E-state index contributed by atoms with van der Waals surface area (Å²) in [6, 6.07) is 14.8. The lowest BCUT2D eigenvalue weighted by Crippen LogP contribution is -2.14. The molecule has 2 aromatic carbocycles. The van der Waals surface area contributed by atoms with Crippen LogP contribution >= 0.6 is 23.1 Å². The molecule has 0 radical (unpaired) electrons. The van der Waals surface area contributed by atoms with Crippen molar-refractivity contribution in [2.45, 2.75) is 18.2 Å². The van der Waals surface area contributed by atoms with E-state index < -0.39 is 0 Å². The molecule has 0 aliphatic heterocycles. The zero-order valence-electron chi connectivity index (χ0n) is 14.9. The van der Waals surface area contributed by atoms with Gasteiger partial charge in [-0.05, 0) is 49.7 Å². The fourth-order valence-electron chi connectivity index (χ4n) is 2.26. The number of rotatable bonds is 7. The number of nitrogens with zero attached hydrogens (tertiary/aromatic N) is 2. The highest BCUT2D eigenvalue weighted by atomic mass is 32.2. The third-order valence-corrected chi connectivity index (χ3v) is 5.67. The van der Waals surface area contributed by atoms with Gasteiger partial charge in [0, 0.05) is 16.9 Å². The maximum Gasteiger partial charge on any atom is 0.234 e. The molecule has 27 heavy (non-hydrogen) atoms. The number of carbonyl (C=O) groups is 2. The first kappa shape index (κ1) is 19.1. The third kappa shape index (κ3) is 5.38. The smallest absolute Gasteiger partial charge is 0.234 e. The quantitative estimate of drug-likeness (QED) is 0.450. The Kier molecular flexibility index (Phi) is 6.20. The Balaban J connectivity index is 1.51. The molecule has 1 heterocycles. The summed E-state index contributed by atoms with van der Waals surface area (Å²) in [6.45, 7) is 3.53. The lowest BCUT2D eigenvalue weighted by atomic mass is 10.1. The average molecular weight is 399 g/mol. The van der Waals surface area contributed by atoms with Gasteiger partial charge >= 0.3 is 0 Å². The third-order valence-electron chi connectivity index (χ3n) is 3.70. The highest BCUT2D eigenvalue weighted by Crippen LogP contribution is 2.28. The summed E-state index contributed by atoms with van der Waals surface area (Å²) in [5, 5.41) is 14.9. The van der Waals surface area contributed by atoms with Gasteiger partial charge in [-0.2, -0.15) is 0 Å². The second-order valence-corrected chi connectivity index (χ2v) is 7.98. The molecular formula is C19H18N4O2S2. The Bertz CT molecular complexity index is 954. The van der Waals surface area contributed by atoms with Crippen LogP contribution < -0.4 is 10.6 Å². The molecule has 0 aliphatic rings. The summed E-state index contributed by atoms with van der Waals surface area (Å²) in [6.07, 6.45) is 0. The van der Waals surface area contributed by atoms with Gasteiger partial charge in [0.05, 0.1) is 5.75 Å². The molecule has 0 saturated heterocycles. The van der Waals surface area contributed by atoms with Gasteiger partial charge in [0.1, 0.15) is 0 Å². The maximum atomic E-state index is 12.1. The molecule has 138 valence electrons. The molecule has 0 fully saturated rings. The minimum atomic E-state index is -0.140. The molecule has 0 aliphatic carbocycles. The van der Waals surface area contributed by atoms with Crippen molar-refractivity contribution in [2.24, 2.45) is 0 Å². The van der Waals surface area contributed by atoms with E-state index >= 15 is 0 Å². The van der Waals surface area contributed by atoms with Crippen LogP contribution in [0.25, 0.3) is 0 Å². The number of carbonyl (C=O) groups excluding carboxylic acids is 2. The number of nitrogens with one attached hydrogen (secondary N) is 2. The summed E-state index contributed by atoms with van der Waals surface area (Å²) in [4.78, 5) is 23.4. The molecule has 0 saturated carbocycles. The zero-order chi connectivity index (χ0) is 19.2. The van der Waals surface area contributed by atoms with Crippen molar-refractivity contribution in [3.8, 4) is 0 Å². The molecule has 8 heteroatoms. The zero-order valence-corrected chi connectivity index (χ0v) is 16.5. The number of hydrogen-bond acceptors (Lipinski definition) is 7. The molecule has 0 unspecified atom stereocenters. The van der Waals surface area contributed by atoms with Crippen LogP contribution in [0.15, 0.2) is 52.9 Å². The van der Waals surface area contributed by atoms with Crippen molar-refractivity contribution < 1.29 is 9.59 Å². The van der Waals surface area contributed by atoms with Gasteiger partial charge in [0.2, 0.25) is 11.0 Å². The second-order valence-electron chi connectivity index (χ2n) is 5.78. The van der Waals surface area contributed by atoms with Crippen molar-refractivity contribution in [3.63, 3.8) is 0 Å². The first-order valence-electron chi connectivity index (χ1n) is 8.21. The first-order valence-corrected chi connectivity index (χ1v) is 10.0. The largest absolute Gasteiger partial charge is 0.330 e. The van der Waals surface area contributed by atoms with Gasteiger partial charge in [0.15, 0.2) is 10.1 Å². The SMILES string of the molecule is CC(=O)c1ccc(NC(=O)CSc2nnc(Nc3ccccc3C)s2)cc1. The minimum absolute atomic E-state index is 0.00480. The Morgan fingerprint density at radius 1 is 1.07 bits per heavy atom. The Morgan fingerprint density at radius 3 is 2.52 bits per heavy atom. The fourth-order valence-corrected chi connectivity index (χ4v) is 3.82. The molecular weight excluding hydrogens is 380 g/mol. The lowest BCUT2D eigenvalue weighted by molar-refractivity contribution is -0.113. The summed E-state index contributed by atoms with van der Waals surface area (Å²) >= 11 is 2.73. The van der Waals surface area contributed by atoms with Crippen LogP contribution in [0, 0.1) is 6.92 Å². The molecule has 1 aromatic heterocycles. The Labute approximate surface area is 165 Å². The Hall–Kier alpha value is -2.71. The monoisotopic (exact) mass is 398 g/mol. The van der Waals surface area contributed by atoms with Crippen LogP contribution in [-0.4, -0.2) is 27.6 Å². The Morgan fingerprint density at radius 2 is 1.81 bits per heavy atom. The standard InChI is InChI=1S/C19H18N4O2S2/c1-12-5-3-4-6-16(12)21-18-22-23-19(27-18)26-11-17(25)20-15-9-7-14(8-10-15)13(2)24/h3-10H,11H2,1-2H3,(H,20,25)(H,21,22). The summed E-state index contributed by atoms with van der Waals surface area (Å²) < 4.78 is 0.716. The normalized spacial score (nSPS) is 10.4. The van der Waals surface area contributed by atoms with E-state index in [1.54, 1.807) is 24.3 Å². The van der Waals surface area contributed by atoms with Crippen LogP contribution in [0.5, 0.6) is 0 Å². The van der Waals surface area contributed by atoms with Crippen molar-refractivity contribution >= 4 is 51.3 Å². The molecule has 6 nitrogen and oxygen atoms in total. The molecule has 0 spiro atoms. The average Bonchev–Trinajstić information content (AvgIpc) is 3.10. The number of para-hydroxylation sites is 1. The molecule has 0 bridgehead atoms. The van der Waals surface area contributed by atoms with E-state index in [9.17, 15) is 9.59 Å². The van der Waals surface area contributed by atoms with Gasteiger partial charge in [-0.3, -0.25) is 9.59 Å². The first-order chi connectivity index (χ1) is 13.0. The van der Waals surface area contributed by atoms with Crippen LogP contribution in [-0.2, 0) is 4.79 Å². The van der Waals surface area contributed by atoms with Crippen LogP contribution in [0.4, 0.5) is 16.5 Å². The van der Waals surface area contributed by atoms with Crippen LogP contribution in [0.2, 0.25) is 0 Å². The van der Waals surface area contributed by atoms with Crippen molar-refractivity contribution in [1.82, 2.24) is 10.2 Å². The van der Waals surface area contributed by atoms with Gasteiger partial charge in [0.25, 0.3) is 0 Å². The predicted molar refractivity (Wildman–Crippen MR) is 110 cm³/mol. The van der Waals surface area contributed by atoms with Crippen LogP contribution in [0.1, 0.15) is 22.8 Å². The number of ketones is 1. The topological polar surface area (TPSA) is 84.0 Å². The second kappa shape index (κ2) is 8.79. The van der Waals surface area contributed by atoms with Crippen LogP contribution in [0.3, 0.4) is 0 Å². The highest BCUT2D eigenvalue weighted by Gasteiger charge is 2.10. The lowest BCUT2D eigenvalue weighted by Gasteiger charge is -2.05. The van der Waals surface area contributed by atoms with E-state index in [0.29, 0.717) is 20.7 Å². The number of anilines is 3. The number of aromatic nitrogens is 2. The van der Waals surface area contributed by atoms with Crippen molar-refractivity contribution in [3.05, 3.63) is 59.7 Å². The molecule has 3 rings (SSSR count). The van der Waals surface area contributed by atoms with Gasteiger partial charge in [-0.25, -0.2) is 0 Å². The van der Waals surface area contributed by atoms with Crippen molar-refractivity contribution in [1.29, 1.82) is 0 Å². The number of aryl methyl sites for hydroxylation is 1. The van der Waals surface area contributed by atoms with E-state index in [4.69, 9.17) is 0 Å². The number of benzene rings is 2. The molecule has 2 N–H and O–H groups in total. The number of hydrogen-bond donors (Lipinski definition) is 2. The van der Waals surface area contributed by atoms with E-state index in [0.717, 1.165) is 11.3 Å². The van der Waals surface area contributed by atoms with E-state index in [1.807, 2.05) is 31.2 Å². The van der Waals surface area contributed by atoms with Gasteiger partial charge in [-0.15, -0.1) is 10.2 Å². The number of Topliss-reactive ketones (excluding diaryl/α,β-unsaturated/α-hetero) is 1. The van der Waals surface area contributed by atoms with E-state index in [1.165, 1.54) is 30.0 Å². The minimum Gasteiger partial charge on any atom is -0.330 e. The summed E-state index contributed by atoms with van der Waals surface area (Å²) in [7, 11) is 0. The number of thioether (sulfide) groups is 1.